The maximum atomic E-state index is 12.8. The fraction of sp³-hybridized carbons (Fsp3) is 0.370. The Morgan fingerprint density at radius 2 is 1.44 bits per heavy atom. The molecule has 0 saturated carbocycles. The predicted octanol–water partition coefficient (Wildman–Crippen LogP) is 3.43. The standard InChI is InChI=1S/C27H33N5O2/c1-19-5-9-23(10-6-19)17-26(34)31-15-13-30(14-16-31)18-25(33)28-27-21(3)29-32(22(27)4)24-11-7-20(2)8-12-24/h5-12H,13-18H2,1-4H3,(H,28,33). The smallest absolute Gasteiger partial charge is 0.238 e. The lowest BCUT2D eigenvalue weighted by Gasteiger charge is -2.34. The maximum Gasteiger partial charge on any atom is 0.238 e. The molecule has 2 aromatic carbocycles. The first-order chi connectivity index (χ1) is 16.3. The molecule has 178 valence electrons. The van der Waals surface area contributed by atoms with E-state index in [-0.39, 0.29) is 11.8 Å². The summed E-state index contributed by atoms with van der Waals surface area (Å²) in [6.07, 6.45) is 0.421. The summed E-state index contributed by atoms with van der Waals surface area (Å²) >= 11 is 0. The Bertz CT molecular complexity index is 1160. The van der Waals surface area contributed by atoms with Crippen molar-refractivity contribution in [3.63, 3.8) is 0 Å². The van der Waals surface area contributed by atoms with Gasteiger partial charge in [-0.15, -0.1) is 0 Å². The molecule has 4 rings (SSSR count). The molecule has 7 nitrogen and oxygen atoms in total. The maximum absolute atomic E-state index is 12.8. The summed E-state index contributed by atoms with van der Waals surface area (Å²) in [4.78, 5) is 29.4. The van der Waals surface area contributed by atoms with Gasteiger partial charge in [0.05, 0.1) is 35.7 Å². The van der Waals surface area contributed by atoms with Crippen molar-refractivity contribution in [3.05, 3.63) is 76.6 Å². The van der Waals surface area contributed by atoms with Crippen LogP contribution in [0.3, 0.4) is 0 Å². The van der Waals surface area contributed by atoms with Crippen molar-refractivity contribution in [2.24, 2.45) is 0 Å². The normalized spacial score (nSPS) is 14.3. The minimum atomic E-state index is -0.0610. The zero-order valence-corrected chi connectivity index (χ0v) is 20.5. The van der Waals surface area contributed by atoms with Crippen LogP contribution < -0.4 is 5.32 Å². The summed E-state index contributed by atoms with van der Waals surface area (Å²) in [6.45, 7) is 10.9. The van der Waals surface area contributed by atoms with Gasteiger partial charge >= 0.3 is 0 Å². The number of hydrogen-bond acceptors (Lipinski definition) is 4. The molecule has 0 aliphatic carbocycles. The molecule has 0 bridgehead atoms. The molecule has 1 aliphatic rings. The summed E-state index contributed by atoms with van der Waals surface area (Å²) in [5.74, 6) is 0.0804. The molecule has 1 aliphatic heterocycles. The third-order valence-electron chi connectivity index (χ3n) is 6.40. The van der Waals surface area contributed by atoms with Gasteiger partial charge in [0, 0.05) is 26.2 Å². The number of piperazine rings is 1. The van der Waals surface area contributed by atoms with E-state index in [1.165, 1.54) is 11.1 Å². The van der Waals surface area contributed by atoms with Crippen molar-refractivity contribution in [1.29, 1.82) is 0 Å². The van der Waals surface area contributed by atoms with E-state index in [1.54, 1.807) is 0 Å². The number of aromatic nitrogens is 2. The molecule has 0 atom stereocenters. The van der Waals surface area contributed by atoms with Crippen LogP contribution in [0.5, 0.6) is 0 Å². The van der Waals surface area contributed by atoms with E-state index in [4.69, 9.17) is 0 Å². The predicted molar refractivity (Wildman–Crippen MR) is 134 cm³/mol. The lowest BCUT2D eigenvalue weighted by molar-refractivity contribution is -0.132. The highest BCUT2D eigenvalue weighted by Crippen LogP contribution is 2.23. The number of amides is 2. The fourth-order valence-electron chi connectivity index (χ4n) is 4.29. The lowest BCUT2D eigenvalue weighted by Crippen LogP contribution is -2.50. The van der Waals surface area contributed by atoms with Gasteiger partial charge in [-0.3, -0.25) is 14.5 Å². The van der Waals surface area contributed by atoms with Gasteiger partial charge in [-0.2, -0.15) is 5.10 Å². The Labute approximate surface area is 201 Å². The van der Waals surface area contributed by atoms with Crippen molar-refractivity contribution in [2.75, 3.05) is 38.0 Å². The molecule has 1 N–H and O–H groups in total. The largest absolute Gasteiger partial charge is 0.340 e. The molecular formula is C27H33N5O2. The van der Waals surface area contributed by atoms with Gasteiger partial charge in [-0.25, -0.2) is 4.68 Å². The highest BCUT2D eigenvalue weighted by atomic mass is 16.2. The van der Waals surface area contributed by atoms with Crippen molar-refractivity contribution < 1.29 is 9.59 Å². The number of hydrogen-bond donors (Lipinski definition) is 1. The van der Waals surface area contributed by atoms with Crippen LogP contribution in [0.4, 0.5) is 5.69 Å². The van der Waals surface area contributed by atoms with Crippen LogP contribution in [-0.4, -0.2) is 64.1 Å². The van der Waals surface area contributed by atoms with Crippen molar-refractivity contribution >= 4 is 17.5 Å². The van der Waals surface area contributed by atoms with E-state index in [0.717, 1.165) is 28.3 Å². The van der Waals surface area contributed by atoms with Gasteiger partial charge in [-0.1, -0.05) is 47.5 Å². The lowest BCUT2D eigenvalue weighted by atomic mass is 10.1. The first kappa shape index (κ1) is 23.7. The van der Waals surface area contributed by atoms with Crippen LogP contribution in [-0.2, 0) is 16.0 Å². The second-order valence-electron chi connectivity index (χ2n) is 9.16. The van der Waals surface area contributed by atoms with Gasteiger partial charge in [0.1, 0.15) is 0 Å². The molecule has 1 fully saturated rings. The van der Waals surface area contributed by atoms with Gasteiger partial charge in [0.25, 0.3) is 0 Å². The van der Waals surface area contributed by atoms with Gasteiger partial charge in [-0.05, 0) is 45.4 Å². The molecule has 3 aromatic rings. The average Bonchev–Trinajstić information content (AvgIpc) is 3.09. The zero-order chi connectivity index (χ0) is 24.2. The number of benzene rings is 2. The molecule has 2 amide bonds. The van der Waals surface area contributed by atoms with Crippen LogP contribution in [0.25, 0.3) is 5.69 Å². The number of carbonyl (C=O) groups excluding carboxylic acids is 2. The highest BCUT2D eigenvalue weighted by molar-refractivity contribution is 5.93. The van der Waals surface area contributed by atoms with Crippen LogP contribution in [0.15, 0.2) is 48.5 Å². The molecule has 7 heteroatoms. The van der Waals surface area contributed by atoms with E-state index >= 15 is 0 Å². The van der Waals surface area contributed by atoms with E-state index in [1.807, 2.05) is 66.8 Å². The summed E-state index contributed by atoms with van der Waals surface area (Å²) in [5, 5.41) is 7.68. The molecule has 0 unspecified atom stereocenters. The van der Waals surface area contributed by atoms with E-state index < -0.39 is 0 Å². The van der Waals surface area contributed by atoms with E-state index in [9.17, 15) is 9.59 Å². The Morgan fingerprint density at radius 3 is 2.06 bits per heavy atom. The van der Waals surface area contributed by atoms with Crippen molar-refractivity contribution in [3.8, 4) is 5.69 Å². The quantitative estimate of drug-likeness (QED) is 0.613. The molecule has 0 radical (unpaired) electrons. The fourth-order valence-corrected chi connectivity index (χ4v) is 4.29. The van der Waals surface area contributed by atoms with Crippen molar-refractivity contribution in [1.82, 2.24) is 19.6 Å². The first-order valence-corrected chi connectivity index (χ1v) is 11.8. The number of nitrogens with one attached hydrogen (secondary N) is 1. The monoisotopic (exact) mass is 459 g/mol. The summed E-state index contributed by atoms with van der Waals surface area (Å²) in [5.41, 5.74) is 6.84. The minimum Gasteiger partial charge on any atom is -0.340 e. The average molecular weight is 460 g/mol. The number of anilines is 1. The van der Waals surface area contributed by atoms with Gasteiger partial charge in [0.15, 0.2) is 0 Å². The minimum absolute atomic E-state index is 0.0610. The summed E-state index contributed by atoms with van der Waals surface area (Å²) in [7, 11) is 0. The van der Waals surface area contributed by atoms with E-state index in [2.05, 4.69) is 34.4 Å². The zero-order valence-electron chi connectivity index (χ0n) is 20.5. The molecule has 1 saturated heterocycles. The topological polar surface area (TPSA) is 70.5 Å². The molecular weight excluding hydrogens is 426 g/mol. The van der Waals surface area contributed by atoms with Crippen LogP contribution in [0, 0.1) is 27.7 Å². The number of carbonyl (C=O) groups is 2. The highest BCUT2D eigenvalue weighted by Gasteiger charge is 2.23. The van der Waals surface area contributed by atoms with E-state index in [0.29, 0.717) is 39.1 Å². The molecule has 34 heavy (non-hydrogen) atoms. The third kappa shape index (κ3) is 5.54. The van der Waals surface area contributed by atoms with Gasteiger partial charge in [0.2, 0.25) is 11.8 Å². The van der Waals surface area contributed by atoms with Crippen LogP contribution in [0.1, 0.15) is 28.1 Å². The molecule has 1 aromatic heterocycles. The second-order valence-corrected chi connectivity index (χ2v) is 9.16. The Morgan fingerprint density at radius 1 is 0.853 bits per heavy atom. The molecule has 2 heterocycles. The van der Waals surface area contributed by atoms with Crippen LogP contribution in [0.2, 0.25) is 0 Å². The Kier molecular flexibility index (Phi) is 7.12. The SMILES string of the molecule is Cc1ccc(CC(=O)N2CCN(CC(=O)Nc3c(C)nn(-c4ccc(C)cc4)c3C)CC2)cc1. The van der Waals surface area contributed by atoms with Crippen molar-refractivity contribution in [2.45, 2.75) is 34.1 Å². The van der Waals surface area contributed by atoms with Crippen LogP contribution >= 0.6 is 0 Å². The molecule has 0 spiro atoms. The summed E-state index contributed by atoms with van der Waals surface area (Å²) in [6, 6.07) is 16.3. The Balaban J connectivity index is 1.29. The Hall–Kier alpha value is -3.45. The summed E-state index contributed by atoms with van der Waals surface area (Å²) < 4.78 is 1.86. The number of nitrogens with zero attached hydrogens (tertiary/aromatic N) is 4. The third-order valence-corrected chi connectivity index (χ3v) is 6.40. The van der Waals surface area contributed by atoms with Gasteiger partial charge < -0.3 is 10.2 Å². The number of aryl methyl sites for hydroxylation is 3. The number of rotatable bonds is 6. The first-order valence-electron chi connectivity index (χ1n) is 11.8. The second kappa shape index (κ2) is 10.2.